The third-order valence-electron chi connectivity index (χ3n) is 6.89. The second-order valence-electron chi connectivity index (χ2n) is 10.5. The molecule has 0 radical (unpaired) electrons. The van der Waals surface area contributed by atoms with Crippen molar-refractivity contribution in [3.05, 3.63) is 69.8 Å². The van der Waals surface area contributed by atoms with Crippen LogP contribution in [0.4, 0.5) is 0 Å². The fraction of sp³-hybridized carbons (Fsp3) is 0.533. The Labute approximate surface area is 210 Å². The first-order chi connectivity index (χ1) is 16.4. The Kier molecular flexibility index (Phi) is 8.55. The van der Waals surface area contributed by atoms with Crippen molar-refractivity contribution in [1.29, 1.82) is 0 Å². The molecule has 1 spiro atoms. The van der Waals surface area contributed by atoms with Gasteiger partial charge in [0.1, 0.15) is 12.5 Å². The zero-order valence-corrected chi connectivity index (χ0v) is 22.3. The molecule has 2 aliphatic rings. The van der Waals surface area contributed by atoms with E-state index in [2.05, 4.69) is 38.6 Å². The fourth-order valence-corrected chi connectivity index (χ4v) is 5.46. The number of hydrogen-bond acceptors (Lipinski definition) is 5. The van der Waals surface area contributed by atoms with Crippen molar-refractivity contribution in [2.45, 2.75) is 92.1 Å². The maximum absolute atomic E-state index is 13.6. The summed E-state index contributed by atoms with van der Waals surface area (Å²) in [6, 6.07) is 4.18. The smallest absolute Gasteiger partial charge is 0.314 e. The molecule has 0 amide bonds. The Morgan fingerprint density at radius 2 is 1.74 bits per heavy atom. The van der Waals surface area contributed by atoms with Crippen molar-refractivity contribution in [2.75, 3.05) is 6.61 Å². The number of carbonyl (C=O) groups excluding carboxylic acids is 2. The fourth-order valence-electron chi connectivity index (χ4n) is 5.46. The number of aryl methyl sites for hydroxylation is 3. The Bertz CT molecular complexity index is 1040. The molecule has 0 aromatic heterocycles. The SMILES string of the molecule is C=C1/C=C(\C)[C@H](CC)OC(=O)CC(=O)[C@]2(CO[C@H](c3c(C)cc(C)cc3C)O2)C/C(C)=C/[C@@H](C)C1. The molecule has 35 heavy (non-hydrogen) atoms. The minimum Gasteiger partial charge on any atom is -0.458 e. The van der Waals surface area contributed by atoms with Gasteiger partial charge in [0.15, 0.2) is 17.7 Å². The minimum atomic E-state index is -1.23. The summed E-state index contributed by atoms with van der Waals surface area (Å²) in [6.45, 7) is 18.5. The first-order valence-corrected chi connectivity index (χ1v) is 12.6. The van der Waals surface area contributed by atoms with Gasteiger partial charge in [-0.3, -0.25) is 9.59 Å². The van der Waals surface area contributed by atoms with Gasteiger partial charge in [0.25, 0.3) is 0 Å². The second kappa shape index (κ2) is 11.0. The van der Waals surface area contributed by atoms with Gasteiger partial charge in [0.2, 0.25) is 0 Å². The van der Waals surface area contributed by atoms with Crippen LogP contribution in [0, 0.1) is 26.7 Å². The van der Waals surface area contributed by atoms with Crippen LogP contribution in [0.15, 0.2) is 47.6 Å². The lowest BCUT2D eigenvalue weighted by Gasteiger charge is -2.28. The summed E-state index contributed by atoms with van der Waals surface area (Å²) in [5.74, 6) is -0.601. The maximum atomic E-state index is 13.6. The van der Waals surface area contributed by atoms with Crippen LogP contribution < -0.4 is 0 Å². The zero-order valence-electron chi connectivity index (χ0n) is 22.3. The van der Waals surface area contributed by atoms with E-state index in [0.29, 0.717) is 12.8 Å². The van der Waals surface area contributed by atoms with Gasteiger partial charge in [-0.2, -0.15) is 0 Å². The van der Waals surface area contributed by atoms with E-state index in [1.165, 1.54) is 0 Å². The Morgan fingerprint density at radius 1 is 1.09 bits per heavy atom. The largest absolute Gasteiger partial charge is 0.458 e. The minimum absolute atomic E-state index is 0.0962. The Morgan fingerprint density at radius 3 is 2.37 bits per heavy atom. The molecule has 1 fully saturated rings. The van der Waals surface area contributed by atoms with Crippen LogP contribution in [-0.2, 0) is 23.8 Å². The predicted molar refractivity (Wildman–Crippen MR) is 138 cm³/mol. The van der Waals surface area contributed by atoms with Crippen LogP contribution in [-0.4, -0.2) is 30.1 Å². The Balaban J connectivity index is 1.97. The van der Waals surface area contributed by atoms with E-state index in [4.69, 9.17) is 14.2 Å². The quantitative estimate of drug-likeness (QED) is 0.273. The van der Waals surface area contributed by atoms with Gasteiger partial charge < -0.3 is 14.2 Å². The van der Waals surface area contributed by atoms with Crippen molar-refractivity contribution in [3.8, 4) is 0 Å². The second-order valence-corrected chi connectivity index (χ2v) is 10.5. The summed E-state index contributed by atoms with van der Waals surface area (Å²) in [5, 5.41) is 0. The number of Topliss-reactive ketones (excluding diaryl/α,β-unsaturated/α-hetero) is 1. The van der Waals surface area contributed by atoms with E-state index in [9.17, 15) is 9.59 Å². The van der Waals surface area contributed by atoms with Gasteiger partial charge in [0, 0.05) is 12.0 Å². The topological polar surface area (TPSA) is 61.8 Å². The number of cyclic esters (lactones) is 1. The number of ether oxygens (including phenoxy) is 3. The zero-order chi connectivity index (χ0) is 25.9. The van der Waals surface area contributed by atoms with Gasteiger partial charge >= 0.3 is 5.97 Å². The van der Waals surface area contributed by atoms with Crippen LogP contribution in [0.5, 0.6) is 0 Å². The molecule has 0 N–H and O–H groups in total. The Hall–Kier alpha value is -2.50. The van der Waals surface area contributed by atoms with Gasteiger partial charge in [-0.25, -0.2) is 0 Å². The number of hydrogen-bond donors (Lipinski definition) is 0. The predicted octanol–water partition coefficient (Wildman–Crippen LogP) is 6.56. The molecule has 3 rings (SSSR count). The highest BCUT2D eigenvalue weighted by atomic mass is 16.7. The summed E-state index contributed by atoms with van der Waals surface area (Å²) in [6.07, 6.45) is 4.55. The number of allylic oxidation sites excluding steroid dienone is 3. The lowest BCUT2D eigenvalue weighted by atomic mass is 9.87. The highest BCUT2D eigenvalue weighted by molar-refractivity contribution is 6.01. The van der Waals surface area contributed by atoms with Gasteiger partial charge in [-0.1, -0.05) is 61.4 Å². The molecule has 0 unspecified atom stereocenters. The lowest BCUT2D eigenvalue weighted by molar-refractivity contribution is -0.157. The van der Waals surface area contributed by atoms with Crippen LogP contribution in [0.1, 0.15) is 81.9 Å². The first kappa shape index (κ1) is 27.1. The van der Waals surface area contributed by atoms with Crippen LogP contribution in [0.3, 0.4) is 0 Å². The molecule has 0 aliphatic carbocycles. The van der Waals surface area contributed by atoms with Crippen molar-refractivity contribution < 1.29 is 23.8 Å². The van der Waals surface area contributed by atoms with E-state index in [0.717, 1.165) is 45.4 Å². The van der Waals surface area contributed by atoms with Crippen molar-refractivity contribution >= 4 is 11.8 Å². The maximum Gasteiger partial charge on any atom is 0.314 e. The van der Waals surface area contributed by atoms with Crippen LogP contribution in [0.25, 0.3) is 0 Å². The molecule has 0 saturated carbocycles. The first-order valence-electron chi connectivity index (χ1n) is 12.6. The van der Waals surface area contributed by atoms with E-state index in [-0.39, 0.29) is 30.8 Å². The molecule has 4 atom stereocenters. The van der Waals surface area contributed by atoms with Gasteiger partial charge in [-0.15, -0.1) is 0 Å². The van der Waals surface area contributed by atoms with E-state index in [1.807, 2.05) is 40.7 Å². The molecule has 1 aromatic rings. The summed E-state index contributed by atoms with van der Waals surface area (Å²) in [5.41, 5.74) is 5.94. The molecule has 5 nitrogen and oxygen atoms in total. The summed E-state index contributed by atoms with van der Waals surface area (Å²) in [7, 11) is 0. The number of ketones is 1. The van der Waals surface area contributed by atoms with Crippen molar-refractivity contribution in [2.24, 2.45) is 5.92 Å². The summed E-state index contributed by atoms with van der Waals surface area (Å²) in [4.78, 5) is 26.4. The monoisotopic (exact) mass is 480 g/mol. The number of carbonyl (C=O) groups is 2. The lowest BCUT2D eigenvalue weighted by Crippen LogP contribution is -2.43. The highest BCUT2D eigenvalue weighted by Gasteiger charge is 2.49. The summed E-state index contributed by atoms with van der Waals surface area (Å²) < 4.78 is 18.3. The molecule has 2 heterocycles. The van der Waals surface area contributed by atoms with Crippen molar-refractivity contribution in [3.63, 3.8) is 0 Å². The van der Waals surface area contributed by atoms with Gasteiger partial charge in [0.05, 0.1) is 6.61 Å². The average Bonchev–Trinajstić information content (AvgIpc) is 3.14. The van der Waals surface area contributed by atoms with Crippen LogP contribution in [0.2, 0.25) is 0 Å². The standard InChI is InChI=1S/C30H40O5/c1-9-25-22(6)12-19(3)10-18(2)11-21(5)16-30(26(31)15-27(32)34-25)17-33-29(35-30)28-23(7)13-20(4)14-24(28)8/h11-14,18,25,29H,3,9-10,15-17H2,1-2,4-8H3/b21-11+,22-12+/t18-,25-,29-,30+/m0/s1. The molecular weight excluding hydrogens is 440 g/mol. The number of rotatable bonds is 2. The van der Waals surface area contributed by atoms with Gasteiger partial charge in [-0.05, 0) is 70.1 Å². The average molecular weight is 481 g/mol. The number of esters is 1. The highest BCUT2D eigenvalue weighted by Crippen LogP contribution is 2.41. The van der Waals surface area contributed by atoms with Crippen molar-refractivity contribution in [1.82, 2.24) is 0 Å². The van der Waals surface area contributed by atoms with E-state index < -0.39 is 17.9 Å². The third-order valence-corrected chi connectivity index (χ3v) is 6.89. The van der Waals surface area contributed by atoms with E-state index >= 15 is 0 Å². The van der Waals surface area contributed by atoms with E-state index in [1.54, 1.807) is 0 Å². The molecule has 2 aliphatic heterocycles. The third kappa shape index (κ3) is 6.39. The molecule has 190 valence electrons. The normalized spacial score (nSPS) is 32.0. The van der Waals surface area contributed by atoms with Crippen LogP contribution >= 0.6 is 0 Å². The summed E-state index contributed by atoms with van der Waals surface area (Å²) >= 11 is 0. The number of benzene rings is 1. The molecule has 5 heteroatoms. The molecule has 1 aromatic carbocycles. The molecule has 0 bridgehead atoms. The molecular formula is C30H40O5. The molecule has 1 saturated heterocycles.